The number of nitrogens with one attached hydrogen (secondary N) is 2. The number of carbonyl (C=O) groups excluding carboxylic acids is 5. The van der Waals surface area contributed by atoms with Gasteiger partial charge in [-0.05, 0) is 70.9 Å². The third-order valence-corrected chi connectivity index (χ3v) is 10.5. The number of unbranched alkanes of at least 4 members (excludes halogenated alkanes) is 3. The number of likely N-dealkylation sites (tertiary alicyclic amines) is 1. The van der Waals surface area contributed by atoms with Crippen molar-refractivity contribution >= 4 is 29.9 Å². The number of alkyl carbamates (subject to hydrolysis) is 1. The highest BCUT2D eigenvalue weighted by atomic mass is 19.1. The van der Waals surface area contributed by atoms with Crippen LogP contribution in [-0.2, 0) is 41.7 Å². The molecule has 14 nitrogen and oxygen atoms in total. The molecule has 3 aliphatic heterocycles. The fourth-order valence-corrected chi connectivity index (χ4v) is 7.46. The van der Waals surface area contributed by atoms with Gasteiger partial charge in [0.1, 0.15) is 29.6 Å². The largest absolute Gasteiger partial charge is 0.444 e. The monoisotopic (exact) mass is 756 g/mol. The smallest absolute Gasteiger partial charge is 0.410 e. The van der Waals surface area contributed by atoms with Crippen molar-refractivity contribution in [2.24, 2.45) is 17.6 Å². The molecule has 5 atom stereocenters. The molecule has 1 aliphatic carbocycles. The van der Waals surface area contributed by atoms with Crippen LogP contribution in [0.2, 0.25) is 0 Å². The lowest BCUT2D eigenvalue weighted by atomic mass is 10.0. The number of allylic oxidation sites excluding steroid dienone is 2. The van der Waals surface area contributed by atoms with Gasteiger partial charge >= 0.3 is 12.2 Å². The maximum Gasteiger partial charge on any atom is 0.410 e. The molecule has 3 fully saturated rings. The van der Waals surface area contributed by atoms with Crippen LogP contribution in [0.25, 0.3) is 0 Å². The molecule has 15 heteroatoms. The predicted octanol–water partition coefficient (Wildman–Crippen LogP) is 3.61. The van der Waals surface area contributed by atoms with Crippen LogP contribution in [0.1, 0.15) is 83.8 Å². The first kappa shape index (κ1) is 40.9. The van der Waals surface area contributed by atoms with Gasteiger partial charge in [-0.1, -0.05) is 36.6 Å². The zero-order valence-corrected chi connectivity index (χ0v) is 32.1. The Bertz CT molecular complexity index is 1560. The van der Waals surface area contributed by atoms with Crippen molar-refractivity contribution in [2.45, 2.75) is 110 Å². The highest BCUT2D eigenvalue weighted by molar-refractivity contribution is 5.91. The number of halogens is 1. The molecule has 0 unspecified atom stereocenters. The zero-order chi connectivity index (χ0) is 39.0. The van der Waals surface area contributed by atoms with Crippen molar-refractivity contribution in [3.63, 3.8) is 0 Å². The molecular weight excluding hydrogens is 699 g/mol. The molecule has 1 aromatic rings. The summed E-state index contributed by atoms with van der Waals surface area (Å²) in [7, 11) is 0. The van der Waals surface area contributed by atoms with Gasteiger partial charge in [-0.25, -0.2) is 14.0 Å². The average Bonchev–Trinajstić information content (AvgIpc) is 3.61. The van der Waals surface area contributed by atoms with Crippen molar-refractivity contribution in [3.8, 4) is 0 Å². The Morgan fingerprint density at radius 1 is 1.06 bits per heavy atom. The summed E-state index contributed by atoms with van der Waals surface area (Å²) in [6.07, 6.45) is 4.14. The molecular formula is C39H57FN6O8. The molecule has 0 spiro atoms. The first-order valence-electron chi connectivity index (χ1n) is 19.3. The Morgan fingerprint density at radius 2 is 1.81 bits per heavy atom. The Hall–Kier alpha value is -4.24. The van der Waals surface area contributed by atoms with Crippen LogP contribution in [0.3, 0.4) is 0 Å². The fourth-order valence-electron chi connectivity index (χ4n) is 7.46. The number of amides is 5. The van der Waals surface area contributed by atoms with Crippen molar-refractivity contribution in [3.05, 3.63) is 46.8 Å². The van der Waals surface area contributed by atoms with E-state index in [0.717, 1.165) is 58.5 Å². The summed E-state index contributed by atoms with van der Waals surface area (Å²) >= 11 is 0. The van der Waals surface area contributed by atoms with Gasteiger partial charge in [0.25, 0.3) is 0 Å². The van der Waals surface area contributed by atoms with E-state index < -0.39 is 53.6 Å². The SMILES string of the molecule is C/C(=C/CCCCC[C@H](NC(=O)OC(C)(C)C)C(=O)N1C[C@H](OC(=O)N2Cc3cccc(F)c3C2)C[C@H]1C(N)=O)[C@@H]1C[C@@H]1C(=O)NCCN1CCOCC1. The zero-order valence-electron chi connectivity index (χ0n) is 32.1. The maximum atomic E-state index is 14.3. The molecule has 54 heavy (non-hydrogen) atoms. The second-order valence-corrected chi connectivity index (χ2v) is 15.9. The van der Waals surface area contributed by atoms with Crippen molar-refractivity contribution in [1.82, 2.24) is 25.3 Å². The molecule has 5 amide bonds. The third kappa shape index (κ3) is 11.4. The summed E-state index contributed by atoms with van der Waals surface area (Å²) in [5.74, 6) is -1.25. The van der Waals surface area contributed by atoms with Crippen molar-refractivity contribution in [1.29, 1.82) is 0 Å². The van der Waals surface area contributed by atoms with Gasteiger partial charge in [-0.3, -0.25) is 24.2 Å². The Kier molecular flexibility index (Phi) is 13.9. The van der Waals surface area contributed by atoms with Gasteiger partial charge in [0, 0.05) is 50.6 Å². The summed E-state index contributed by atoms with van der Waals surface area (Å²) in [5.41, 5.74) is 7.25. The van der Waals surface area contributed by atoms with E-state index in [0.29, 0.717) is 30.5 Å². The van der Waals surface area contributed by atoms with E-state index in [2.05, 4.69) is 28.5 Å². The van der Waals surface area contributed by atoms with Gasteiger partial charge in [-0.2, -0.15) is 0 Å². The van der Waals surface area contributed by atoms with Crippen LogP contribution in [-0.4, -0.2) is 114 Å². The van der Waals surface area contributed by atoms with Crippen LogP contribution in [0.4, 0.5) is 14.0 Å². The standard InChI is InChI=1S/C39H57FN6O8/c1-25(28-21-29(28)35(48)42-14-15-44-16-18-52-19-17-44)10-7-5-6-8-13-32(43-37(50)54-39(2,3)4)36(49)46-23-27(20-33(46)34(41)47)53-38(51)45-22-26-11-9-12-31(40)30(26)24-45/h9-12,27-29,32-33H,5-8,13-24H2,1-4H3,(H2,41,47)(H,42,48)(H,43,50)/b25-10-/t27-,28+,29+,32+,33+/m1/s1. The van der Waals surface area contributed by atoms with Crippen molar-refractivity contribution < 1.29 is 42.6 Å². The summed E-state index contributed by atoms with van der Waals surface area (Å²) in [6, 6.07) is 2.63. The third-order valence-electron chi connectivity index (χ3n) is 10.5. The van der Waals surface area contributed by atoms with E-state index in [-0.39, 0.29) is 43.8 Å². The van der Waals surface area contributed by atoms with Crippen LogP contribution < -0.4 is 16.4 Å². The second kappa shape index (κ2) is 18.4. The molecule has 298 valence electrons. The van der Waals surface area contributed by atoms with Crippen LogP contribution in [0, 0.1) is 17.7 Å². The minimum atomic E-state index is -1.04. The number of rotatable bonds is 15. The molecule has 2 saturated heterocycles. The topological polar surface area (TPSA) is 173 Å². The number of nitrogens with two attached hydrogens (primary N) is 1. The molecule has 4 N–H and O–H groups in total. The molecule has 3 heterocycles. The Balaban J connectivity index is 1.09. The molecule has 1 saturated carbocycles. The number of benzene rings is 1. The normalized spacial score (nSPS) is 23.4. The van der Waals surface area contributed by atoms with Gasteiger partial charge in [0.2, 0.25) is 17.7 Å². The fraction of sp³-hybridized carbons (Fsp3) is 0.667. The number of hydrogen-bond donors (Lipinski definition) is 3. The minimum Gasteiger partial charge on any atom is -0.444 e. The van der Waals surface area contributed by atoms with Crippen LogP contribution in [0.15, 0.2) is 29.8 Å². The van der Waals surface area contributed by atoms with E-state index in [1.54, 1.807) is 32.9 Å². The second-order valence-electron chi connectivity index (χ2n) is 15.9. The highest BCUT2D eigenvalue weighted by Gasteiger charge is 2.45. The lowest BCUT2D eigenvalue weighted by Crippen LogP contribution is -2.53. The van der Waals surface area contributed by atoms with E-state index in [1.165, 1.54) is 21.4 Å². The van der Waals surface area contributed by atoms with E-state index >= 15 is 0 Å². The number of nitrogens with zero attached hydrogens (tertiary/aromatic N) is 3. The van der Waals surface area contributed by atoms with Gasteiger partial charge in [0.15, 0.2) is 0 Å². The minimum absolute atomic E-state index is 0.00472. The Labute approximate surface area is 317 Å². The summed E-state index contributed by atoms with van der Waals surface area (Å²) in [6.45, 7) is 12.1. The van der Waals surface area contributed by atoms with E-state index in [4.69, 9.17) is 19.9 Å². The first-order chi connectivity index (χ1) is 25.7. The average molecular weight is 757 g/mol. The molecule has 4 aliphatic rings. The van der Waals surface area contributed by atoms with Gasteiger partial charge in [0.05, 0.1) is 26.3 Å². The lowest BCUT2D eigenvalue weighted by Gasteiger charge is -2.28. The number of morpholine rings is 1. The number of primary amides is 1. The summed E-state index contributed by atoms with van der Waals surface area (Å²) < 4.78 is 30.8. The quantitative estimate of drug-likeness (QED) is 0.179. The molecule has 0 radical (unpaired) electrons. The highest BCUT2D eigenvalue weighted by Crippen LogP contribution is 2.44. The number of fused-ring (bicyclic) bond motifs is 1. The molecule has 0 bridgehead atoms. The predicted molar refractivity (Wildman–Crippen MR) is 197 cm³/mol. The van der Waals surface area contributed by atoms with Gasteiger partial charge < -0.3 is 35.5 Å². The van der Waals surface area contributed by atoms with E-state index in [1.807, 2.05) is 0 Å². The Morgan fingerprint density at radius 3 is 2.52 bits per heavy atom. The van der Waals surface area contributed by atoms with E-state index in [9.17, 15) is 28.4 Å². The molecule has 0 aromatic heterocycles. The summed E-state index contributed by atoms with van der Waals surface area (Å²) in [4.78, 5) is 70.0. The van der Waals surface area contributed by atoms with Crippen LogP contribution in [0.5, 0.6) is 0 Å². The van der Waals surface area contributed by atoms with Gasteiger partial charge in [-0.15, -0.1) is 0 Å². The molecule has 1 aromatic carbocycles. The summed E-state index contributed by atoms with van der Waals surface area (Å²) in [5, 5.41) is 5.78. The van der Waals surface area contributed by atoms with Crippen LogP contribution >= 0.6 is 0 Å². The number of carbonyl (C=O) groups is 5. The maximum absolute atomic E-state index is 14.3. The number of ether oxygens (including phenoxy) is 3. The first-order valence-corrected chi connectivity index (χ1v) is 19.3. The number of hydrogen-bond acceptors (Lipinski definition) is 9. The molecule has 5 rings (SSSR count). The van der Waals surface area contributed by atoms with Crippen molar-refractivity contribution in [2.75, 3.05) is 45.9 Å². The lowest BCUT2D eigenvalue weighted by molar-refractivity contribution is -0.139.